The normalized spacial score (nSPS) is 32.9. The molecule has 86 valence electrons. The molecule has 1 saturated carbocycles. The third-order valence-corrected chi connectivity index (χ3v) is 3.90. The molecule has 0 aromatic heterocycles. The molecule has 1 aliphatic carbocycles. The van der Waals surface area contributed by atoms with E-state index in [2.05, 4.69) is 17.6 Å². The third-order valence-electron chi connectivity index (χ3n) is 3.90. The van der Waals surface area contributed by atoms with Crippen LogP contribution in [-0.2, 0) is 4.79 Å². The molecule has 15 heavy (non-hydrogen) atoms. The van der Waals surface area contributed by atoms with Crippen molar-refractivity contribution in [1.82, 2.24) is 10.6 Å². The van der Waals surface area contributed by atoms with Gasteiger partial charge in [-0.3, -0.25) is 4.79 Å². The van der Waals surface area contributed by atoms with E-state index in [4.69, 9.17) is 0 Å². The Balaban J connectivity index is 1.80. The average Bonchev–Trinajstić information content (AvgIpc) is 2.66. The standard InChI is InChI=1S/C12H22N2O/c1-9-3-2-4-11(9)14-12(15)10-5-7-13-8-6-10/h9-11,13H,2-8H2,1H3,(H,14,15). The SMILES string of the molecule is CC1CCCC1NC(=O)C1CCNCC1. The van der Waals surface area contributed by atoms with Crippen LogP contribution >= 0.6 is 0 Å². The molecule has 2 atom stereocenters. The highest BCUT2D eigenvalue weighted by Gasteiger charge is 2.28. The molecule has 1 saturated heterocycles. The Morgan fingerprint density at radius 1 is 1.20 bits per heavy atom. The van der Waals surface area contributed by atoms with E-state index >= 15 is 0 Å². The van der Waals surface area contributed by atoms with Gasteiger partial charge in [0, 0.05) is 12.0 Å². The van der Waals surface area contributed by atoms with Gasteiger partial charge in [0.25, 0.3) is 0 Å². The van der Waals surface area contributed by atoms with Crippen LogP contribution in [-0.4, -0.2) is 25.0 Å². The summed E-state index contributed by atoms with van der Waals surface area (Å²) in [5, 5.41) is 6.52. The molecule has 1 aliphatic heterocycles. The average molecular weight is 210 g/mol. The van der Waals surface area contributed by atoms with Crippen LogP contribution in [0, 0.1) is 11.8 Å². The minimum Gasteiger partial charge on any atom is -0.353 e. The predicted molar refractivity (Wildman–Crippen MR) is 60.5 cm³/mol. The summed E-state index contributed by atoms with van der Waals surface area (Å²) in [5.41, 5.74) is 0. The van der Waals surface area contributed by atoms with Crippen LogP contribution in [0.3, 0.4) is 0 Å². The number of nitrogens with one attached hydrogen (secondary N) is 2. The van der Waals surface area contributed by atoms with Crippen molar-refractivity contribution in [3.05, 3.63) is 0 Å². The van der Waals surface area contributed by atoms with Crippen molar-refractivity contribution in [2.24, 2.45) is 11.8 Å². The first-order chi connectivity index (χ1) is 7.27. The van der Waals surface area contributed by atoms with Gasteiger partial charge in [0.1, 0.15) is 0 Å². The largest absolute Gasteiger partial charge is 0.353 e. The van der Waals surface area contributed by atoms with Gasteiger partial charge in [0.2, 0.25) is 5.91 Å². The molecule has 1 amide bonds. The van der Waals surface area contributed by atoms with Gasteiger partial charge in [-0.1, -0.05) is 13.3 Å². The third kappa shape index (κ3) is 2.71. The van der Waals surface area contributed by atoms with Gasteiger partial charge in [-0.25, -0.2) is 0 Å². The molecule has 1 heterocycles. The zero-order valence-corrected chi connectivity index (χ0v) is 9.59. The number of carbonyl (C=O) groups is 1. The molecule has 3 nitrogen and oxygen atoms in total. The molecule has 2 fully saturated rings. The maximum Gasteiger partial charge on any atom is 0.223 e. The Labute approximate surface area is 92.0 Å². The molecular formula is C12H22N2O. The van der Waals surface area contributed by atoms with E-state index in [9.17, 15) is 4.79 Å². The quantitative estimate of drug-likeness (QED) is 0.721. The molecular weight excluding hydrogens is 188 g/mol. The van der Waals surface area contributed by atoms with Crippen molar-refractivity contribution in [3.63, 3.8) is 0 Å². The monoisotopic (exact) mass is 210 g/mol. The second-order valence-corrected chi connectivity index (χ2v) is 5.05. The first-order valence-electron chi connectivity index (χ1n) is 6.28. The molecule has 2 rings (SSSR count). The second kappa shape index (κ2) is 4.97. The summed E-state index contributed by atoms with van der Waals surface area (Å²) in [5.74, 6) is 1.24. The summed E-state index contributed by atoms with van der Waals surface area (Å²) in [4.78, 5) is 12.0. The van der Waals surface area contributed by atoms with Crippen molar-refractivity contribution in [3.8, 4) is 0 Å². The molecule has 0 spiro atoms. The first-order valence-corrected chi connectivity index (χ1v) is 6.28. The van der Waals surface area contributed by atoms with Crippen LogP contribution in [0.5, 0.6) is 0 Å². The molecule has 3 heteroatoms. The van der Waals surface area contributed by atoms with Crippen LogP contribution in [0.15, 0.2) is 0 Å². The molecule has 2 N–H and O–H groups in total. The fraction of sp³-hybridized carbons (Fsp3) is 0.917. The highest BCUT2D eigenvalue weighted by atomic mass is 16.1. The molecule has 2 unspecified atom stereocenters. The molecule has 0 radical (unpaired) electrons. The number of carbonyl (C=O) groups excluding carboxylic acids is 1. The Kier molecular flexibility index (Phi) is 3.62. The van der Waals surface area contributed by atoms with Crippen molar-refractivity contribution < 1.29 is 4.79 Å². The van der Waals surface area contributed by atoms with E-state index in [1.165, 1.54) is 19.3 Å². The van der Waals surface area contributed by atoms with Crippen LogP contribution in [0.1, 0.15) is 39.0 Å². The maximum atomic E-state index is 12.0. The smallest absolute Gasteiger partial charge is 0.223 e. The predicted octanol–water partition coefficient (Wildman–Crippen LogP) is 1.29. The molecule has 0 aromatic rings. The van der Waals surface area contributed by atoms with Crippen molar-refractivity contribution >= 4 is 5.91 Å². The zero-order chi connectivity index (χ0) is 10.7. The van der Waals surface area contributed by atoms with Gasteiger partial charge < -0.3 is 10.6 Å². The number of amides is 1. The van der Waals surface area contributed by atoms with Gasteiger partial charge in [0.05, 0.1) is 0 Å². The lowest BCUT2D eigenvalue weighted by Crippen LogP contribution is -2.43. The maximum absolute atomic E-state index is 12.0. The lowest BCUT2D eigenvalue weighted by Gasteiger charge is -2.25. The molecule has 0 aromatic carbocycles. The van der Waals surface area contributed by atoms with Gasteiger partial charge in [-0.2, -0.15) is 0 Å². The Bertz CT molecular complexity index is 224. The van der Waals surface area contributed by atoms with E-state index < -0.39 is 0 Å². The van der Waals surface area contributed by atoms with Gasteiger partial charge in [-0.15, -0.1) is 0 Å². The van der Waals surface area contributed by atoms with Crippen LogP contribution in [0.2, 0.25) is 0 Å². The number of piperidine rings is 1. The summed E-state index contributed by atoms with van der Waals surface area (Å²) in [6.07, 6.45) is 5.74. The van der Waals surface area contributed by atoms with Crippen molar-refractivity contribution in [2.45, 2.75) is 45.1 Å². The fourth-order valence-corrected chi connectivity index (χ4v) is 2.74. The van der Waals surface area contributed by atoms with E-state index in [-0.39, 0.29) is 5.92 Å². The van der Waals surface area contributed by atoms with Crippen LogP contribution in [0.25, 0.3) is 0 Å². The molecule has 2 aliphatic rings. The highest BCUT2D eigenvalue weighted by molar-refractivity contribution is 5.79. The van der Waals surface area contributed by atoms with Gasteiger partial charge >= 0.3 is 0 Å². The number of rotatable bonds is 2. The van der Waals surface area contributed by atoms with Gasteiger partial charge in [-0.05, 0) is 44.7 Å². The minimum absolute atomic E-state index is 0.263. The molecule has 0 bridgehead atoms. The first kappa shape index (κ1) is 10.9. The van der Waals surface area contributed by atoms with Crippen LogP contribution < -0.4 is 10.6 Å². The summed E-state index contributed by atoms with van der Waals surface area (Å²) >= 11 is 0. The zero-order valence-electron chi connectivity index (χ0n) is 9.59. The Hall–Kier alpha value is -0.570. The highest BCUT2D eigenvalue weighted by Crippen LogP contribution is 2.25. The number of hydrogen-bond acceptors (Lipinski definition) is 2. The lowest BCUT2D eigenvalue weighted by atomic mass is 9.96. The Morgan fingerprint density at radius 3 is 2.53 bits per heavy atom. The van der Waals surface area contributed by atoms with E-state index in [0.29, 0.717) is 17.9 Å². The van der Waals surface area contributed by atoms with Gasteiger partial charge in [0.15, 0.2) is 0 Å². The summed E-state index contributed by atoms with van der Waals surface area (Å²) < 4.78 is 0. The second-order valence-electron chi connectivity index (χ2n) is 5.05. The van der Waals surface area contributed by atoms with Crippen molar-refractivity contribution in [1.29, 1.82) is 0 Å². The van der Waals surface area contributed by atoms with E-state index in [1.807, 2.05) is 0 Å². The summed E-state index contributed by atoms with van der Waals surface area (Å²) in [7, 11) is 0. The van der Waals surface area contributed by atoms with Crippen LogP contribution in [0.4, 0.5) is 0 Å². The van der Waals surface area contributed by atoms with Crippen molar-refractivity contribution in [2.75, 3.05) is 13.1 Å². The van der Waals surface area contributed by atoms with E-state index in [1.54, 1.807) is 0 Å². The Morgan fingerprint density at radius 2 is 1.93 bits per heavy atom. The topological polar surface area (TPSA) is 41.1 Å². The lowest BCUT2D eigenvalue weighted by molar-refractivity contribution is -0.126. The minimum atomic E-state index is 0.263. The summed E-state index contributed by atoms with van der Waals surface area (Å²) in [6.45, 7) is 4.25. The summed E-state index contributed by atoms with van der Waals surface area (Å²) in [6, 6.07) is 0.451. The number of hydrogen-bond donors (Lipinski definition) is 2. The fourth-order valence-electron chi connectivity index (χ4n) is 2.74. The van der Waals surface area contributed by atoms with E-state index in [0.717, 1.165) is 25.9 Å².